The molecular formula is C12H14FN. The van der Waals surface area contributed by atoms with Crippen LogP contribution in [0, 0.1) is 24.1 Å². The molecule has 14 heavy (non-hydrogen) atoms. The van der Waals surface area contributed by atoms with Crippen molar-refractivity contribution >= 4 is 0 Å². The molecule has 0 atom stereocenters. The Morgan fingerprint density at radius 2 is 2.14 bits per heavy atom. The number of nitrogens with zero attached hydrogens (tertiary/aromatic N) is 1. The maximum absolute atomic E-state index is 12.9. The maximum Gasteiger partial charge on any atom is 0.126 e. The molecule has 0 heterocycles. The Morgan fingerprint density at radius 3 is 2.79 bits per heavy atom. The fourth-order valence-electron chi connectivity index (χ4n) is 1.40. The number of rotatable bonds is 4. The number of hydrogen-bond acceptors (Lipinski definition) is 1. The van der Waals surface area contributed by atoms with Crippen molar-refractivity contribution in [2.75, 3.05) is 0 Å². The average Bonchev–Trinajstić information content (AvgIpc) is 2.18. The lowest BCUT2D eigenvalue weighted by molar-refractivity contribution is 0.617. The first kappa shape index (κ1) is 10.7. The Hall–Kier alpha value is -1.36. The molecule has 0 aliphatic rings. The van der Waals surface area contributed by atoms with Gasteiger partial charge in [0.2, 0.25) is 0 Å². The van der Waals surface area contributed by atoms with Crippen LogP contribution >= 0.6 is 0 Å². The molecule has 0 aliphatic carbocycles. The topological polar surface area (TPSA) is 23.8 Å². The molecule has 1 aromatic carbocycles. The molecule has 0 bridgehead atoms. The van der Waals surface area contributed by atoms with Gasteiger partial charge in [-0.25, -0.2) is 4.39 Å². The smallest absolute Gasteiger partial charge is 0.126 e. The lowest BCUT2D eigenvalue weighted by Crippen LogP contribution is -1.89. The normalized spacial score (nSPS) is 9.79. The van der Waals surface area contributed by atoms with Gasteiger partial charge in [-0.15, -0.1) is 0 Å². The molecule has 0 saturated carbocycles. The number of halogens is 1. The van der Waals surface area contributed by atoms with E-state index in [2.05, 4.69) is 6.07 Å². The second-order valence-electron chi connectivity index (χ2n) is 3.45. The fraction of sp³-hybridized carbons (Fsp3) is 0.417. The molecule has 0 aromatic heterocycles. The van der Waals surface area contributed by atoms with Crippen LogP contribution in [0.1, 0.15) is 30.4 Å². The zero-order valence-electron chi connectivity index (χ0n) is 8.39. The monoisotopic (exact) mass is 191 g/mol. The van der Waals surface area contributed by atoms with E-state index in [-0.39, 0.29) is 5.82 Å². The highest BCUT2D eigenvalue weighted by molar-refractivity contribution is 5.23. The molecule has 1 nitrogen and oxygen atoms in total. The molecular weight excluding hydrogens is 177 g/mol. The molecule has 74 valence electrons. The summed E-state index contributed by atoms with van der Waals surface area (Å²) in [4.78, 5) is 0. The number of nitriles is 1. The highest BCUT2D eigenvalue weighted by atomic mass is 19.1. The predicted octanol–water partition coefficient (Wildman–Crippen LogP) is 3.37. The van der Waals surface area contributed by atoms with Gasteiger partial charge in [0, 0.05) is 6.42 Å². The lowest BCUT2D eigenvalue weighted by atomic mass is 10.0. The van der Waals surface area contributed by atoms with Crippen molar-refractivity contribution in [1.82, 2.24) is 0 Å². The standard InChI is InChI=1S/C12H14FN/c1-10-9-11(6-7-12(10)13)5-3-2-4-8-14/h6-7,9H,2-5H2,1H3. The molecule has 0 fully saturated rings. The second kappa shape index (κ2) is 5.39. The molecule has 0 radical (unpaired) electrons. The SMILES string of the molecule is Cc1cc(CCCCC#N)ccc1F. The largest absolute Gasteiger partial charge is 0.207 e. The maximum atomic E-state index is 12.9. The van der Waals surface area contributed by atoms with E-state index in [4.69, 9.17) is 5.26 Å². The zero-order chi connectivity index (χ0) is 10.4. The van der Waals surface area contributed by atoms with E-state index in [9.17, 15) is 4.39 Å². The Balaban J connectivity index is 2.44. The van der Waals surface area contributed by atoms with E-state index in [1.165, 1.54) is 6.07 Å². The molecule has 0 aliphatic heterocycles. The van der Waals surface area contributed by atoms with Crippen molar-refractivity contribution < 1.29 is 4.39 Å². The molecule has 0 N–H and O–H groups in total. The van der Waals surface area contributed by atoms with Crippen LogP contribution in [0.5, 0.6) is 0 Å². The Labute approximate surface area is 84.2 Å². The van der Waals surface area contributed by atoms with Crippen molar-refractivity contribution in [3.8, 4) is 6.07 Å². The first-order valence-corrected chi connectivity index (χ1v) is 4.86. The summed E-state index contributed by atoms with van der Waals surface area (Å²) >= 11 is 0. The number of benzene rings is 1. The molecule has 1 rings (SSSR count). The van der Waals surface area contributed by atoms with Crippen LogP contribution in [0.2, 0.25) is 0 Å². The highest BCUT2D eigenvalue weighted by Crippen LogP contribution is 2.12. The number of unbranched alkanes of at least 4 members (excludes halogenated alkanes) is 2. The predicted molar refractivity (Wildman–Crippen MR) is 54.3 cm³/mol. The quantitative estimate of drug-likeness (QED) is 0.669. The van der Waals surface area contributed by atoms with E-state index in [0.717, 1.165) is 24.8 Å². The summed E-state index contributed by atoms with van der Waals surface area (Å²) in [5, 5.41) is 8.34. The summed E-state index contributed by atoms with van der Waals surface area (Å²) in [5.41, 5.74) is 1.85. The van der Waals surface area contributed by atoms with Crippen LogP contribution in [0.25, 0.3) is 0 Å². The van der Waals surface area contributed by atoms with Crippen molar-refractivity contribution in [3.63, 3.8) is 0 Å². The third-order valence-electron chi connectivity index (χ3n) is 2.23. The first-order chi connectivity index (χ1) is 6.74. The van der Waals surface area contributed by atoms with Crippen LogP contribution in [0.3, 0.4) is 0 Å². The minimum absolute atomic E-state index is 0.147. The molecule has 2 heteroatoms. The van der Waals surface area contributed by atoms with Gasteiger partial charge >= 0.3 is 0 Å². The molecule has 1 aromatic rings. The zero-order valence-corrected chi connectivity index (χ0v) is 8.39. The van der Waals surface area contributed by atoms with Gasteiger partial charge in [-0.3, -0.25) is 0 Å². The van der Waals surface area contributed by atoms with E-state index >= 15 is 0 Å². The van der Waals surface area contributed by atoms with E-state index in [0.29, 0.717) is 12.0 Å². The van der Waals surface area contributed by atoms with Crippen LogP contribution in [-0.2, 0) is 6.42 Å². The molecule has 0 saturated heterocycles. The van der Waals surface area contributed by atoms with Gasteiger partial charge in [-0.1, -0.05) is 12.1 Å². The third-order valence-corrected chi connectivity index (χ3v) is 2.23. The molecule has 0 unspecified atom stereocenters. The summed E-state index contributed by atoms with van der Waals surface area (Å²) < 4.78 is 12.9. The van der Waals surface area contributed by atoms with E-state index in [1.54, 1.807) is 6.92 Å². The lowest BCUT2D eigenvalue weighted by Gasteiger charge is -2.02. The summed E-state index contributed by atoms with van der Waals surface area (Å²) in [6.07, 6.45) is 3.47. The average molecular weight is 191 g/mol. The Bertz CT molecular complexity index is 339. The Morgan fingerprint density at radius 1 is 1.36 bits per heavy atom. The van der Waals surface area contributed by atoms with Gasteiger partial charge in [0.15, 0.2) is 0 Å². The highest BCUT2D eigenvalue weighted by Gasteiger charge is 1.98. The van der Waals surface area contributed by atoms with Crippen molar-refractivity contribution in [2.45, 2.75) is 32.6 Å². The van der Waals surface area contributed by atoms with Crippen molar-refractivity contribution in [1.29, 1.82) is 5.26 Å². The summed E-state index contributed by atoms with van der Waals surface area (Å²) in [6.45, 7) is 1.77. The van der Waals surface area contributed by atoms with Gasteiger partial charge in [-0.05, 0) is 43.4 Å². The summed E-state index contributed by atoms with van der Waals surface area (Å²) in [6, 6.07) is 7.31. The summed E-state index contributed by atoms with van der Waals surface area (Å²) in [7, 11) is 0. The Kier molecular flexibility index (Phi) is 4.12. The van der Waals surface area contributed by atoms with Gasteiger partial charge in [0.25, 0.3) is 0 Å². The first-order valence-electron chi connectivity index (χ1n) is 4.86. The van der Waals surface area contributed by atoms with E-state index in [1.807, 2.05) is 12.1 Å². The van der Waals surface area contributed by atoms with Crippen molar-refractivity contribution in [2.24, 2.45) is 0 Å². The van der Waals surface area contributed by atoms with Crippen LogP contribution in [0.15, 0.2) is 18.2 Å². The fourth-order valence-corrected chi connectivity index (χ4v) is 1.40. The van der Waals surface area contributed by atoms with Gasteiger partial charge in [-0.2, -0.15) is 5.26 Å². The van der Waals surface area contributed by atoms with E-state index < -0.39 is 0 Å². The number of hydrogen-bond donors (Lipinski definition) is 0. The summed E-state index contributed by atoms with van der Waals surface area (Å²) in [5.74, 6) is -0.147. The third kappa shape index (κ3) is 3.18. The van der Waals surface area contributed by atoms with Crippen molar-refractivity contribution in [3.05, 3.63) is 35.1 Å². The van der Waals surface area contributed by atoms with Crippen LogP contribution in [0.4, 0.5) is 4.39 Å². The van der Waals surface area contributed by atoms with Crippen LogP contribution < -0.4 is 0 Å². The second-order valence-corrected chi connectivity index (χ2v) is 3.45. The van der Waals surface area contributed by atoms with Gasteiger partial charge < -0.3 is 0 Å². The minimum Gasteiger partial charge on any atom is -0.207 e. The van der Waals surface area contributed by atoms with Crippen LogP contribution in [-0.4, -0.2) is 0 Å². The molecule has 0 spiro atoms. The number of aryl methyl sites for hydroxylation is 2. The van der Waals surface area contributed by atoms with Gasteiger partial charge in [0.05, 0.1) is 6.07 Å². The van der Waals surface area contributed by atoms with Gasteiger partial charge in [0.1, 0.15) is 5.82 Å². The molecule has 0 amide bonds. The minimum atomic E-state index is -0.147.